The van der Waals surface area contributed by atoms with Crippen LogP contribution < -0.4 is 0 Å². The highest BCUT2D eigenvalue weighted by molar-refractivity contribution is 6.30. The number of nitrogens with one attached hydrogen (secondary N) is 1. The molecule has 5 heteroatoms. The SMILES string of the molecule is C=Nc1nc(C)nc2[nH]cc(-c3ccc(Cl)cc3)c12. The molecule has 0 aliphatic heterocycles. The molecule has 0 bridgehead atoms. The maximum absolute atomic E-state index is 5.91. The maximum atomic E-state index is 5.91. The van der Waals surface area contributed by atoms with Gasteiger partial charge in [0.05, 0.1) is 5.39 Å². The number of aliphatic imine (C=N–C) groups is 1. The van der Waals surface area contributed by atoms with Crippen LogP contribution in [0.25, 0.3) is 22.2 Å². The highest BCUT2D eigenvalue weighted by Crippen LogP contribution is 2.33. The Labute approximate surface area is 115 Å². The lowest BCUT2D eigenvalue weighted by atomic mass is 10.1. The Morgan fingerprint density at radius 1 is 1.21 bits per heavy atom. The lowest BCUT2D eigenvalue weighted by Gasteiger charge is -2.02. The van der Waals surface area contributed by atoms with Crippen molar-refractivity contribution >= 4 is 35.2 Å². The van der Waals surface area contributed by atoms with Gasteiger partial charge in [0.1, 0.15) is 11.5 Å². The molecule has 0 fully saturated rings. The number of hydrogen-bond acceptors (Lipinski definition) is 3. The quantitative estimate of drug-likeness (QED) is 0.718. The fraction of sp³-hybridized carbons (Fsp3) is 0.0714. The number of aromatic nitrogens is 3. The summed E-state index contributed by atoms with van der Waals surface area (Å²) in [6.45, 7) is 5.41. The summed E-state index contributed by atoms with van der Waals surface area (Å²) in [5.74, 6) is 1.26. The molecule has 3 aromatic rings. The van der Waals surface area contributed by atoms with Crippen molar-refractivity contribution in [3.8, 4) is 11.1 Å². The van der Waals surface area contributed by atoms with Crippen LogP contribution in [-0.2, 0) is 0 Å². The highest BCUT2D eigenvalue weighted by atomic mass is 35.5. The Balaban J connectivity index is 2.30. The Bertz CT molecular complexity index is 759. The van der Waals surface area contributed by atoms with Gasteiger partial charge in [-0.1, -0.05) is 23.7 Å². The van der Waals surface area contributed by atoms with E-state index in [0.29, 0.717) is 16.7 Å². The first-order valence-corrected chi connectivity index (χ1v) is 6.15. The van der Waals surface area contributed by atoms with Gasteiger partial charge in [0.25, 0.3) is 0 Å². The van der Waals surface area contributed by atoms with E-state index in [9.17, 15) is 0 Å². The third kappa shape index (κ3) is 2.00. The van der Waals surface area contributed by atoms with Gasteiger partial charge in [-0.3, -0.25) is 0 Å². The van der Waals surface area contributed by atoms with Crippen molar-refractivity contribution in [1.29, 1.82) is 0 Å². The smallest absolute Gasteiger partial charge is 0.165 e. The number of rotatable bonds is 2. The van der Waals surface area contributed by atoms with E-state index in [4.69, 9.17) is 11.6 Å². The van der Waals surface area contributed by atoms with Crippen molar-refractivity contribution in [3.05, 3.63) is 41.3 Å². The fourth-order valence-corrected chi connectivity index (χ4v) is 2.22. The summed E-state index contributed by atoms with van der Waals surface area (Å²) >= 11 is 5.91. The van der Waals surface area contributed by atoms with E-state index >= 15 is 0 Å². The fourth-order valence-electron chi connectivity index (χ4n) is 2.09. The van der Waals surface area contributed by atoms with Gasteiger partial charge in [-0.05, 0) is 31.3 Å². The second-order valence-corrected chi connectivity index (χ2v) is 4.62. The molecule has 0 amide bonds. The lowest BCUT2D eigenvalue weighted by Crippen LogP contribution is -1.88. The Morgan fingerprint density at radius 3 is 2.63 bits per heavy atom. The summed E-state index contributed by atoms with van der Waals surface area (Å²) in [6, 6.07) is 7.62. The Kier molecular flexibility index (Phi) is 2.80. The number of halogens is 1. The highest BCUT2D eigenvalue weighted by Gasteiger charge is 2.12. The number of aromatic amines is 1. The second kappa shape index (κ2) is 4.48. The topological polar surface area (TPSA) is 53.9 Å². The molecule has 0 aliphatic carbocycles. The third-order valence-corrected chi connectivity index (χ3v) is 3.18. The first-order valence-electron chi connectivity index (χ1n) is 5.77. The number of H-pyrrole nitrogens is 1. The molecule has 0 saturated carbocycles. The number of fused-ring (bicyclic) bond motifs is 1. The molecule has 0 radical (unpaired) electrons. The van der Waals surface area contributed by atoms with E-state index in [1.807, 2.05) is 37.4 Å². The molecule has 0 unspecified atom stereocenters. The minimum absolute atomic E-state index is 0.591. The van der Waals surface area contributed by atoms with Gasteiger partial charge < -0.3 is 4.98 Å². The molecular weight excluding hydrogens is 260 g/mol. The first kappa shape index (κ1) is 11.9. The molecule has 0 spiro atoms. The normalized spacial score (nSPS) is 10.8. The van der Waals surface area contributed by atoms with E-state index in [1.54, 1.807) is 0 Å². The van der Waals surface area contributed by atoms with Crippen molar-refractivity contribution in [1.82, 2.24) is 15.0 Å². The molecule has 0 saturated heterocycles. The Hall–Kier alpha value is -2.20. The lowest BCUT2D eigenvalue weighted by molar-refractivity contribution is 1.08. The predicted molar refractivity (Wildman–Crippen MR) is 78.3 cm³/mol. The number of aryl methyl sites for hydroxylation is 1. The summed E-state index contributed by atoms with van der Waals surface area (Å²) in [6.07, 6.45) is 1.90. The molecule has 19 heavy (non-hydrogen) atoms. The first-order chi connectivity index (χ1) is 9.19. The number of nitrogens with zero attached hydrogens (tertiary/aromatic N) is 3. The van der Waals surface area contributed by atoms with E-state index in [-0.39, 0.29) is 0 Å². The van der Waals surface area contributed by atoms with Crippen molar-refractivity contribution in [2.75, 3.05) is 0 Å². The zero-order valence-electron chi connectivity index (χ0n) is 10.3. The standard InChI is InChI=1S/C14H11ClN4/c1-8-18-13(16-2)12-11(7-17-14(12)19-8)9-3-5-10(15)6-4-9/h3-7H,2H2,1H3,(H,17,18,19). The zero-order valence-corrected chi connectivity index (χ0v) is 11.1. The van der Waals surface area contributed by atoms with Crippen molar-refractivity contribution in [3.63, 3.8) is 0 Å². The summed E-state index contributed by atoms with van der Waals surface area (Å²) in [7, 11) is 0. The minimum atomic E-state index is 0.591. The molecule has 1 aromatic carbocycles. The van der Waals surface area contributed by atoms with Crippen LogP contribution in [0.15, 0.2) is 35.5 Å². The van der Waals surface area contributed by atoms with E-state index in [1.165, 1.54) is 0 Å². The molecule has 94 valence electrons. The average molecular weight is 271 g/mol. The number of hydrogen-bond donors (Lipinski definition) is 1. The third-order valence-electron chi connectivity index (χ3n) is 2.93. The van der Waals surface area contributed by atoms with Crippen molar-refractivity contribution in [2.24, 2.45) is 4.99 Å². The average Bonchev–Trinajstić information content (AvgIpc) is 2.82. The van der Waals surface area contributed by atoms with Gasteiger partial charge in [0.15, 0.2) is 5.82 Å². The summed E-state index contributed by atoms with van der Waals surface area (Å²) < 4.78 is 0. The molecule has 0 aliphatic rings. The van der Waals surface area contributed by atoms with Gasteiger partial charge in [-0.2, -0.15) is 0 Å². The molecule has 4 nitrogen and oxygen atoms in total. The van der Waals surface area contributed by atoms with Crippen LogP contribution in [0.4, 0.5) is 5.82 Å². The van der Waals surface area contributed by atoms with Crippen LogP contribution in [0.3, 0.4) is 0 Å². The monoisotopic (exact) mass is 270 g/mol. The minimum Gasteiger partial charge on any atom is -0.345 e. The van der Waals surface area contributed by atoms with Gasteiger partial charge in [0.2, 0.25) is 0 Å². The summed E-state index contributed by atoms with van der Waals surface area (Å²) in [5, 5.41) is 1.58. The zero-order chi connectivity index (χ0) is 13.4. The van der Waals surface area contributed by atoms with Gasteiger partial charge >= 0.3 is 0 Å². The summed E-state index contributed by atoms with van der Waals surface area (Å²) in [4.78, 5) is 15.8. The maximum Gasteiger partial charge on any atom is 0.165 e. The van der Waals surface area contributed by atoms with Crippen LogP contribution in [0.2, 0.25) is 5.02 Å². The molecule has 2 heterocycles. The molecule has 1 N–H and O–H groups in total. The molecular formula is C14H11ClN4. The van der Waals surface area contributed by atoms with E-state index < -0.39 is 0 Å². The van der Waals surface area contributed by atoms with Crippen LogP contribution in [0, 0.1) is 6.92 Å². The van der Waals surface area contributed by atoms with Gasteiger partial charge in [0, 0.05) is 16.8 Å². The largest absolute Gasteiger partial charge is 0.345 e. The summed E-state index contributed by atoms with van der Waals surface area (Å²) in [5.41, 5.74) is 2.79. The van der Waals surface area contributed by atoms with Crippen molar-refractivity contribution in [2.45, 2.75) is 6.92 Å². The van der Waals surface area contributed by atoms with E-state index in [2.05, 4.69) is 26.7 Å². The van der Waals surface area contributed by atoms with Gasteiger partial charge in [-0.15, -0.1) is 0 Å². The van der Waals surface area contributed by atoms with E-state index in [0.717, 1.165) is 22.2 Å². The Morgan fingerprint density at radius 2 is 1.95 bits per heavy atom. The van der Waals surface area contributed by atoms with Crippen molar-refractivity contribution < 1.29 is 0 Å². The van der Waals surface area contributed by atoms with Crippen LogP contribution in [0.1, 0.15) is 5.82 Å². The van der Waals surface area contributed by atoms with Crippen LogP contribution in [0.5, 0.6) is 0 Å². The predicted octanol–water partition coefficient (Wildman–Crippen LogP) is 3.92. The number of benzene rings is 1. The second-order valence-electron chi connectivity index (χ2n) is 4.19. The molecule has 3 rings (SSSR count). The molecule has 2 aromatic heterocycles. The van der Waals surface area contributed by atoms with Crippen LogP contribution in [-0.4, -0.2) is 21.7 Å². The van der Waals surface area contributed by atoms with Crippen LogP contribution >= 0.6 is 11.6 Å². The molecule has 0 atom stereocenters. The van der Waals surface area contributed by atoms with Gasteiger partial charge in [-0.25, -0.2) is 15.0 Å².